The maximum absolute atomic E-state index is 13.2. The molecule has 2 rings (SSSR count). The average Bonchev–Trinajstić information content (AvgIpc) is 2.88. The highest BCUT2D eigenvalue weighted by molar-refractivity contribution is 9.10. The van der Waals surface area contributed by atoms with Gasteiger partial charge in [0, 0.05) is 0 Å². The Hall–Kier alpha value is -1.34. The monoisotopic (exact) mass is 327 g/mol. The van der Waals surface area contributed by atoms with Gasteiger partial charge < -0.3 is 5.32 Å². The minimum Gasteiger partial charge on any atom is -0.307 e. The Morgan fingerprint density at radius 3 is 2.95 bits per heavy atom. The van der Waals surface area contributed by atoms with E-state index in [4.69, 9.17) is 0 Å². The molecule has 0 radical (unpaired) electrons. The fourth-order valence-corrected chi connectivity index (χ4v) is 2.08. The van der Waals surface area contributed by atoms with E-state index in [0.717, 1.165) is 18.7 Å². The molecule has 0 saturated heterocycles. The summed E-state index contributed by atoms with van der Waals surface area (Å²) in [5, 5.41) is 15.0. The van der Waals surface area contributed by atoms with E-state index in [-0.39, 0.29) is 11.9 Å². The molecule has 0 amide bonds. The number of tetrazole rings is 1. The molecule has 1 unspecified atom stereocenters. The van der Waals surface area contributed by atoms with Gasteiger partial charge in [0.05, 0.1) is 16.2 Å². The second-order valence-corrected chi connectivity index (χ2v) is 5.08. The van der Waals surface area contributed by atoms with Crippen molar-refractivity contribution in [2.24, 2.45) is 0 Å². The first-order valence-corrected chi connectivity index (χ1v) is 6.90. The summed E-state index contributed by atoms with van der Waals surface area (Å²) in [6.45, 7) is 4.98. The molecular weight excluding hydrogens is 313 g/mol. The van der Waals surface area contributed by atoms with Gasteiger partial charge in [0.15, 0.2) is 5.82 Å². The van der Waals surface area contributed by atoms with Gasteiger partial charge in [-0.15, -0.1) is 5.10 Å². The molecule has 1 aromatic heterocycles. The zero-order valence-corrected chi connectivity index (χ0v) is 12.4. The Morgan fingerprint density at radius 2 is 2.26 bits per heavy atom. The summed E-state index contributed by atoms with van der Waals surface area (Å²) in [4.78, 5) is 0. The molecule has 0 aliphatic rings. The van der Waals surface area contributed by atoms with E-state index in [2.05, 4.69) is 43.7 Å². The zero-order chi connectivity index (χ0) is 13.8. The van der Waals surface area contributed by atoms with Crippen LogP contribution in [0.1, 0.15) is 32.1 Å². The van der Waals surface area contributed by atoms with Crippen molar-refractivity contribution in [2.75, 3.05) is 6.54 Å². The first-order valence-electron chi connectivity index (χ1n) is 6.10. The van der Waals surface area contributed by atoms with Crippen LogP contribution in [0, 0.1) is 5.82 Å². The third-order valence-electron chi connectivity index (χ3n) is 2.73. The van der Waals surface area contributed by atoms with Crippen molar-refractivity contribution in [2.45, 2.75) is 26.3 Å². The predicted molar refractivity (Wildman–Crippen MR) is 73.5 cm³/mol. The van der Waals surface area contributed by atoms with Crippen molar-refractivity contribution in [3.8, 4) is 5.69 Å². The summed E-state index contributed by atoms with van der Waals surface area (Å²) >= 11 is 3.16. The maximum Gasteiger partial charge on any atom is 0.173 e. The van der Waals surface area contributed by atoms with Crippen molar-refractivity contribution in [3.63, 3.8) is 0 Å². The van der Waals surface area contributed by atoms with Crippen LogP contribution in [0.4, 0.5) is 4.39 Å². The van der Waals surface area contributed by atoms with Gasteiger partial charge in [-0.2, -0.15) is 4.68 Å². The van der Waals surface area contributed by atoms with Crippen LogP contribution in [-0.2, 0) is 0 Å². The Bertz CT molecular complexity index is 557. The van der Waals surface area contributed by atoms with Crippen LogP contribution >= 0.6 is 15.9 Å². The summed E-state index contributed by atoms with van der Waals surface area (Å²) < 4.78 is 15.2. The van der Waals surface area contributed by atoms with Gasteiger partial charge >= 0.3 is 0 Å². The molecule has 1 N–H and O–H groups in total. The highest BCUT2D eigenvalue weighted by atomic mass is 79.9. The lowest BCUT2D eigenvalue weighted by Gasteiger charge is -2.13. The van der Waals surface area contributed by atoms with Crippen molar-refractivity contribution in [1.29, 1.82) is 0 Å². The lowest BCUT2D eigenvalue weighted by molar-refractivity contribution is 0.531. The van der Waals surface area contributed by atoms with Crippen LogP contribution in [0.3, 0.4) is 0 Å². The van der Waals surface area contributed by atoms with Crippen LogP contribution in [-0.4, -0.2) is 26.8 Å². The molecule has 5 nitrogen and oxygen atoms in total. The van der Waals surface area contributed by atoms with Crippen molar-refractivity contribution >= 4 is 15.9 Å². The van der Waals surface area contributed by atoms with Gasteiger partial charge in [0.2, 0.25) is 0 Å². The fraction of sp³-hybridized carbons (Fsp3) is 0.417. The predicted octanol–water partition coefficient (Wildman–Crippen LogP) is 2.62. The molecular formula is C12H15BrFN5. The molecule has 19 heavy (non-hydrogen) atoms. The minimum absolute atomic E-state index is 0.0266. The van der Waals surface area contributed by atoms with E-state index in [1.807, 2.05) is 6.92 Å². The van der Waals surface area contributed by atoms with Gasteiger partial charge in [-0.05, 0) is 64.4 Å². The summed E-state index contributed by atoms with van der Waals surface area (Å²) in [7, 11) is 0. The Labute approximate surface area is 119 Å². The first kappa shape index (κ1) is 14.1. The van der Waals surface area contributed by atoms with Crippen LogP contribution in [0.5, 0.6) is 0 Å². The molecule has 7 heteroatoms. The fourth-order valence-electron chi connectivity index (χ4n) is 1.72. The van der Waals surface area contributed by atoms with E-state index < -0.39 is 0 Å². The molecule has 0 fully saturated rings. The number of halogens is 2. The van der Waals surface area contributed by atoms with Crippen LogP contribution < -0.4 is 5.32 Å². The number of hydrogen-bond donors (Lipinski definition) is 1. The molecule has 1 aromatic carbocycles. The highest BCUT2D eigenvalue weighted by Crippen LogP contribution is 2.21. The van der Waals surface area contributed by atoms with Gasteiger partial charge in [0.1, 0.15) is 5.82 Å². The molecule has 1 heterocycles. The van der Waals surface area contributed by atoms with Gasteiger partial charge in [-0.1, -0.05) is 6.92 Å². The van der Waals surface area contributed by atoms with Crippen LogP contribution in [0.25, 0.3) is 5.69 Å². The molecule has 0 aliphatic carbocycles. The van der Waals surface area contributed by atoms with Crippen molar-refractivity contribution < 1.29 is 4.39 Å². The number of hydrogen-bond acceptors (Lipinski definition) is 4. The largest absolute Gasteiger partial charge is 0.307 e. The molecule has 1 atom stereocenters. The van der Waals surface area contributed by atoms with E-state index in [1.165, 1.54) is 6.07 Å². The zero-order valence-electron chi connectivity index (χ0n) is 10.8. The second kappa shape index (κ2) is 6.21. The van der Waals surface area contributed by atoms with Crippen molar-refractivity contribution in [1.82, 2.24) is 25.5 Å². The standard InChI is InChI=1S/C12H15BrFN5/c1-3-6-15-8(2)12-16-17-18-19(12)9-4-5-11(14)10(13)7-9/h4-5,7-8,15H,3,6H2,1-2H3. The van der Waals surface area contributed by atoms with Gasteiger partial charge in [-0.3, -0.25) is 0 Å². The normalized spacial score (nSPS) is 12.6. The van der Waals surface area contributed by atoms with Crippen LogP contribution in [0.2, 0.25) is 0 Å². The molecule has 0 aliphatic heterocycles. The van der Waals surface area contributed by atoms with Gasteiger partial charge in [-0.25, -0.2) is 4.39 Å². The Morgan fingerprint density at radius 1 is 1.47 bits per heavy atom. The summed E-state index contributed by atoms with van der Waals surface area (Å²) in [6.07, 6.45) is 1.04. The smallest absolute Gasteiger partial charge is 0.173 e. The minimum atomic E-state index is -0.310. The number of nitrogens with zero attached hydrogens (tertiary/aromatic N) is 4. The summed E-state index contributed by atoms with van der Waals surface area (Å²) in [6, 6.07) is 4.71. The van der Waals surface area contributed by atoms with E-state index >= 15 is 0 Å². The average molecular weight is 328 g/mol. The Balaban J connectivity index is 2.30. The van der Waals surface area contributed by atoms with Crippen molar-refractivity contribution in [3.05, 3.63) is 34.3 Å². The number of rotatable bonds is 5. The number of nitrogens with one attached hydrogen (secondary N) is 1. The molecule has 0 spiro atoms. The molecule has 102 valence electrons. The number of aromatic nitrogens is 4. The third kappa shape index (κ3) is 3.16. The molecule has 2 aromatic rings. The quantitative estimate of drug-likeness (QED) is 0.917. The SMILES string of the molecule is CCCNC(C)c1nnnn1-c1ccc(F)c(Br)c1. The second-order valence-electron chi connectivity index (χ2n) is 4.22. The molecule has 0 bridgehead atoms. The Kier molecular flexibility index (Phi) is 4.60. The third-order valence-corrected chi connectivity index (χ3v) is 3.34. The highest BCUT2D eigenvalue weighted by Gasteiger charge is 2.15. The van der Waals surface area contributed by atoms with Gasteiger partial charge in [0.25, 0.3) is 0 Å². The maximum atomic E-state index is 13.2. The molecule has 0 saturated carbocycles. The summed E-state index contributed by atoms with van der Waals surface area (Å²) in [5.41, 5.74) is 0.721. The lowest BCUT2D eigenvalue weighted by atomic mass is 10.2. The summed E-state index contributed by atoms with van der Waals surface area (Å²) in [5.74, 6) is 0.391. The van der Waals surface area contributed by atoms with Crippen LogP contribution in [0.15, 0.2) is 22.7 Å². The van der Waals surface area contributed by atoms with E-state index in [1.54, 1.807) is 16.8 Å². The lowest BCUT2D eigenvalue weighted by Crippen LogP contribution is -2.22. The van der Waals surface area contributed by atoms with E-state index in [0.29, 0.717) is 10.3 Å². The topological polar surface area (TPSA) is 55.6 Å². The van der Waals surface area contributed by atoms with E-state index in [9.17, 15) is 4.39 Å². The first-order chi connectivity index (χ1) is 9.13. The number of benzene rings is 1.